The molecular formula is C29H29N3O4. The predicted molar refractivity (Wildman–Crippen MR) is 141 cm³/mol. The van der Waals surface area contributed by atoms with Crippen LogP contribution in [-0.4, -0.2) is 28.8 Å². The zero-order valence-electron chi connectivity index (χ0n) is 21.0. The van der Waals surface area contributed by atoms with E-state index in [2.05, 4.69) is 5.32 Å². The summed E-state index contributed by atoms with van der Waals surface area (Å²) in [6.45, 7) is 7.05. The minimum absolute atomic E-state index is 0.0623. The summed E-state index contributed by atoms with van der Waals surface area (Å²) in [5.41, 5.74) is 5.37. The van der Waals surface area contributed by atoms with Gasteiger partial charge in [0.15, 0.2) is 0 Å². The molecule has 1 heterocycles. The van der Waals surface area contributed by atoms with Gasteiger partial charge in [0.25, 0.3) is 0 Å². The summed E-state index contributed by atoms with van der Waals surface area (Å²) in [6.07, 6.45) is 0. The van der Waals surface area contributed by atoms with Crippen LogP contribution in [0.2, 0.25) is 0 Å². The van der Waals surface area contributed by atoms with E-state index < -0.39 is 5.97 Å². The normalized spacial score (nSPS) is 10.8. The summed E-state index contributed by atoms with van der Waals surface area (Å²) in [5.74, 6) is 0.345. The Labute approximate surface area is 210 Å². The van der Waals surface area contributed by atoms with Crippen LogP contribution in [0.4, 0.5) is 5.69 Å². The van der Waals surface area contributed by atoms with Crippen LogP contribution in [0.25, 0.3) is 28.1 Å². The number of methoxy groups -OCH3 is 1. The number of carbonyl (C=O) groups is 2. The van der Waals surface area contributed by atoms with Gasteiger partial charge in [-0.25, -0.2) is 0 Å². The molecule has 4 aromatic rings. The lowest BCUT2D eigenvalue weighted by atomic mass is 10.0. The van der Waals surface area contributed by atoms with E-state index in [4.69, 9.17) is 14.6 Å². The Balaban J connectivity index is 1.93. The number of nitrogens with zero attached hydrogens (tertiary/aromatic N) is 2. The number of nitrogens with one attached hydrogen (secondary N) is 1. The number of esters is 1. The van der Waals surface area contributed by atoms with Crippen molar-refractivity contribution in [1.82, 2.24) is 9.78 Å². The fourth-order valence-electron chi connectivity index (χ4n) is 3.81. The van der Waals surface area contributed by atoms with E-state index in [0.717, 1.165) is 22.4 Å². The van der Waals surface area contributed by atoms with Gasteiger partial charge in [-0.1, -0.05) is 50.2 Å². The molecule has 0 aliphatic carbocycles. The predicted octanol–water partition coefficient (Wildman–Crippen LogP) is 6.04. The smallest absolute Gasteiger partial charge is 0.309 e. The van der Waals surface area contributed by atoms with Crippen molar-refractivity contribution in [3.8, 4) is 39.7 Å². The highest BCUT2D eigenvalue weighted by atomic mass is 16.5. The summed E-state index contributed by atoms with van der Waals surface area (Å²) in [6, 6.07) is 22.8. The molecule has 0 saturated heterocycles. The number of benzene rings is 3. The summed E-state index contributed by atoms with van der Waals surface area (Å²) in [4.78, 5) is 24.3. The Hall–Kier alpha value is -4.39. The van der Waals surface area contributed by atoms with E-state index in [-0.39, 0.29) is 11.8 Å². The summed E-state index contributed by atoms with van der Waals surface area (Å²) >= 11 is 0. The van der Waals surface area contributed by atoms with Crippen molar-refractivity contribution in [3.63, 3.8) is 0 Å². The molecule has 4 rings (SSSR count). The molecule has 0 aliphatic rings. The Kier molecular flexibility index (Phi) is 7.20. The van der Waals surface area contributed by atoms with Crippen LogP contribution in [0.3, 0.4) is 0 Å². The largest absolute Gasteiger partial charge is 0.497 e. The van der Waals surface area contributed by atoms with E-state index in [1.807, 2.05) is 93.6 Å². The van der Waals surface area contributed by atoms with E-state index >= 15 is 0 Å². The van der Waals surface area contributed by atoms with Gasteiger partial charge in [0, 0.05) is 24.1 Å². The van der Waals surface area contributed by atoms with Crippen molar-refractivity contribution in [2.75, 3.05) is 12.4 Å². The average molecular weight is 484 g/mol. The number of hydrogen-bond donors (Lipinski definition) is 1. The second kappa shape index (κ2) is 10.5. The lowest BCUT2D eigenvalue weighted by Gasteiger charge is -2.11. The van der Waals surface area contributed by atoms with E-state index in [1.54, 1.807) is 11.8 Å². The zero-order valence-corrected chi connectivity index (χ0v) is 21.0. The van der Waals surface area contributed by atoms with Crippen LogP contribution < -0.4 is 14.8 Å². The first-order valence-corrected chi connectivity index (χ1v) is 11.7. The van der Waals surface area contributed by atoms with Crippen LogP contribution in [0.5, 0.6) is 11.6 Å². The van der Waals surface area contributed by atoms with E-state index in [1.165, 1.54) is 6.92 Å². The van der Waals surface area contributed by atoms with Gasteiger partial charge in [0.05, 0.1) is 18.4 Å². The van der Waals surface area contributed by atoms with Crippen LogP contribution >= 0.6 is 0 Å². The Bertz CT molecular complexity index is 1400. The zero-order chi connectivity index (χ0) is 25.8. The summed E-state index contributed by atoms with van der Waals surface area (Å²) in [5, 5.41) is 7.81. The molecule has 0 bridgehead atoms. The van der Waals surface area contributed by atoms with E-state index in [9.17, 15) is 9.59 Å². The standard InChI is InChI=1S/C29H29N3O4/c1-18(2)28(34)30-23-14-12-21(13-15-23)26-27(22-9-7-11-25(17-22)35-5)31-32(29(26)36-20(4)33)24-10-6-8-19(3)16-24/h6-18H,1-5H3,(H,30,34). The molecular weight excluding hydrogens is 454 g/mol. The lowest BCUT2D eigenvalue weighted by molar-refractivity contribution is -0.132. The number of anilines is 1. The van der Waals surface area contributed by atoms with Gasteiger partial charge < -0.3 is 14.8 Å². The highest BCUT2D eigenvalue weighted by Crippen LogP contribution is 2.42. The van der Waals surface area contributed by atoms with Gasteiger partial charge in [0.1, 0.15) is 11.4 Å². The number of carbonyl (C=O) groups excluding carboxylic acids is 2. The SMILES string of the molecule is COc1cccc(-c2nn(-c3cccc(C)c3)c(OC(C)=O)c2-c2ccc(NC(=O)C(C)C)cc2)c1. The number of aromatic nitrogens is 2. The minimum Gasteiger partial charge on any atom is -0.497 e. The fraction of sp³-hybridized carbons (Fsp3) is 0.207. The Morgan fingerprint density at radius 1 is 0.944 bits per heavy atom. The number of rotatable bonds is 7. The molecule has 36 heavy (non-hydrogen) atoms. The van der Waals surface area contributed by atoms with Gasteiger partial charge in [-0.05, 0) is 54.4 Å². The Morgan fingerprint density at radius 2 is 1.67 bits per heavy atom. The first-order valence-electron chi connectivity index (χ1n) is 11.7. The van der Waals surface area contributed by atoms with Crippen molar-refractivity contribution in [1.29, 1.82) is 0 Å². The Morgan fingerprint density at radius 3 is 2.31 bits per heavy atom. The van der Waals surface area contributed by atoms with Crippen LogP contribution in [0, 0.1) is 12.8 Å². The third-order valence-electron chi connectivity index (χ3n) is 5.64. The molecule has 0 unspecified atom stereocenters. The molecule has 0 saturated carbocycles. The molecule has 0 fully saturated rings. The maximum atomic E-state index is 12.2. The quantitative estimate of drug-likeness (QED) is 0.324. The number of hydrogen-bond acceptors (Lipinski definition) is 5. The first-order chi connectivity index (χ1) is 17.3. The van der Waals surface area contributed by atoms with Crippen molar-refractivity contribution in [2.45, 2.75) is 27.7 Å². The van der Waals surface area contributed by atoms with Gasteiger partial charge in [-0.15, -0.1) is 0 Å². The van der Waals surface area contributed by atoms with Gasteiger partial charge >= 0.3 is 5.97 Å². The maximum Gasteiger partial charge on any atom is 0.309 e. The molecule has 7 heteroatoms. The second-order valence-electron chi connectivity index (χ2n) is 8.83. The number of aryl methyl sites for hydroxylation is 1. The maximum absolute atomic E-state index is 12.2. The third kappa shape index (κ3) is 5.30. The number of ether oxygens (including phenoxy) is 2. The summed E-state index contributed by atoms with van der Waals surface area (Å²) < 4.78 is 12.9. The molecule has 7 nitrogen and oxygen atoms in total. The van der Waals surface area contributed by atoms with Crippen molar-refractivity contribution in [3.05, 3.63) is 78.4 Å². The molecule has 0 spiro atoms. The highest BCUT2D eigenvalue weighted by Gasteiger charge is 2.25. The van der Waals surface area contributed by atoms with Gasteiger partial charge in [0.2, 0.25) is 11.8 Å². The van der Waals surface area contributed by atoms with Gasteiger partial charge in [-0.2, -0.15) is 9.78 Å². The minimum atomic E-state index is -0.455. The molecule has 0 radical (unpaired) electrons. The monoisotopic (exact) mass is 483 g/mol. The number of amides is 1. The molecule has 3 aromatic carbocycles. The van der Waals surface area contributed by atoms with Crippen LogP contribution in [0.1, 0.15) is 26.3 Å². The van der Waals surface area contributed by atoms with Crippen LogP contribution in [-0.2, 0) is 9.59 Å². The van der Waals surface area contributed by atoms with Gasteiger partial charge in [-0.3, -0.25) is 9.59 Å². The van der Waals surface area contributed by atoms with E-state index in [0.29, 0.717) is 28.6 Å². The average Bonchev–Trinajstić information content (AvgIpc) is 3.23. The summed E-state index contributed by atoms with van der Waals surface area (Å²) in [7, 11) is 1.61. The van der Waals surface area contributed by atoms with Crippen molar-refractivity contribution in [2.24, 2.45) is 5.92 Å². The first kappa shape index (κ1) is 24.7. The van der Waals surface area contributed by atoms with Crippen LogP contribution in [0.15, 0.2) is 72.8 Å². The third-order valence-corrected chi connectivity index (χ3v) is 5.64. The fourth-order valence-corrected chi connectivity index (χ4v) is 3.81. The topological polar surface area (TPSA) is 82.4 Å². The molecule has 0 aliphatic heterocycles. The molecule has 1 N–H and O–H groups in total. The molecule has 1 aromatic heterocycles. The second-order valence-corrected chi connectivity index (χ2v) is 8.83. The van der Waals surface area contributed by atoms with Crippen molar-refractivity contribution >= 4 is 17.6 Å². The molecule has 184 valence electrons. The highest BCUT2D eigenvalue weighted by molar-refractivity contribution is 5.93. The molecule has 0 atom stereocenters. The lowest BCUT2D eigenvalue weighted by Crippen LogP contribution is -2.17. The molecule has 1 amide bonds. The van der Waals surface area contributed by atoms with Crippen molar-refractivity contribution < 1.29 is 19.1 Å².